The molecule has 1 atom stereocenters. The fourth-order valence-electron chi connectivity index (χ4n) is 2.11. The Morgan fingerprint density at radius 2 is 2.18 bits per heavy atom. The van der Waals surface area contributed by atoms with Gasteiger partial charge >= 0.3 is 0 Å². The highest BCUT2D eigenvalue weighted by molar-refractivity contribution is 7.89. The smallest absolute Gasteiger partial charge is 0.247 e. The number of morpholine rings is 1. The van der Waals surface area contributed by atoms with Gasteiger partial charge in [0.2, 0.25) is 10.0 Å². The summed E-state index contributed by atoms with van der Waals surface area (Å²) in [6.45, 7) is 6.54. The molecule has 0 aromatic carbocycles. The van der Waals surface area contributed by atoms with E-state index in [9.17, 15) is 8.42 Å². The summed E-state index contributed by atoms with van der Waals surface area (Å²) in [6.07, 6.45) is 0. The van der Waals surface area contributed by atoms with Crippen molar-refractivity contribution >= 4 is 10.0 Å². The Bertz CT molecular complexity index is 489. The number of aromatic nitrogens is 2. The maximum atomic E-state index is 12.5. The summed E-state index contributed by atoms with van der Waals surface area (Å²) in [7, 11) is -3.47. The van der Waals surface area contributed by atoms with Crippen molar-refractivity contribution < 1.29 is 13.2 Å². The van der Waals surface area contributed by atoms with Gasteiger partial charge in [0, 0.05) is 12.6 Å². The molecule has 2 heterocycles. The van der Waals surface area contributed by atoms with Crippen LogP contribution in [0.5, 0.6) is 0 Å². The molecule has 1 saturated heterocycles. The van der Waals surface area contributed by atoms with E-state index >= 15 is 0 Å². The van der Waals surface area contributed by atoms with Crippen molar-refractivity contribution in [3.8, 4) is 0 Å². The predicted octanol–water partition coefficient (Wildman–Crippen LogP) is 0.436. The van der Waals surface area contributed by atoms with Crippen LogP contribution in [0.25, 0.3) is 0 Å². The van der Waals surface area contributed by atoms with Crippen LogP contribution in [-0.4, -0.2) is 48.7 Å². The van der Waals surface area contributed by atoms with Crippen LogP contribution >= 0.6 is 0 Å². The van der Waals surface area contributed by atoms with E-state index in [-0.39, 0.29) is 6.04 Å². The molecule has 7 heteroatoms. The number of nitrogens with one attached hydrogen (secondary N) is 1. The van der Waals surface area contributed by atoms with Crippen molar-refractivity contribution in [1.29, 1.82) is 0 Å². The minimum Gasteiger partial charge on any atom is -0.378 e. The quantitative estimate of drug-likeness (QED) is 0.836. The summed E-state index contributed by atoms with van der Waals surface area (Å²) in [5, 5.41) is 6.65. The summed E-state index contributed by atoms with van der Waals surface area (Å²) < 4.78 is 31.8. The van der Waals surface area contributed by atoms with Crippen molar-refractivity contribution in [2.24, 2.45) is 0 Å². The minimum absolute atomic E-state index is 0.137. The first kappa shape index (κ1) is 12.5. The van der Waals surface area contributed by atoms with Gasteiger partial charge in [-0.1, -0.05) is 0 Å². The maximum absolute atomic E-state index is 12.5. The Kier molecular flexibility index (Phi) is 3.24. The average Bonchev–Trinajstić information content (AvgIpc) is 2.59. The Balaban J connectivity index is 2.42. The second kappa shape index (κ2) is 4.40. The molecule has 1 aliphatic rings. The van der Waals surface area contributed by atoms with E-state index in [0.29, 0.717) is 36.0 Å². The van der Waals surface area contributed by atoms with Crippen LogP contribution in [-0.2, 0) is 14.8 Å². The van der Waals surface area contributed by atoms with Crippen molar-refractivity contribution in [1.82, 2.24) is 14.5 Å². The van der Waals surface area contributed by atoms with E-state index in [4.69, 9.17) is 4.74 Å². The van der Waals surface area contributed by atoms with Gasteiger partial charge in [-0.2, -0.15) is 9.40 Å². The molecule has 1 aromatic rings. The van der Waals surface area contributed by atoms with Gasteiger partial charge in [0.1, 0.15) is 4.90 Å². The summed E-state index contributed by atoms with van der Waals surface area (Å²) in [4.78, 5) is 0.297. The van der Waals surface area contributed by atoms with Gasteiger partial charge in [0.25, 0.3) is 0 Å². The molecule has 0 amide bonds. The van der Waals surface area contributed by atoms with Gasteiger partial charge in [-0.3, -0.25) is 5.10 Å². The van der Waals surface area contributed by atoms with Crippen molar-refractivity contribution in [3.63, 3.8) is 0 Å². The molecule has 0 saturated carbocycles. The lowest BCUT2D eigenvalue weighted by Crippen LogP contribution is -2.47. The van der Waals surface area contributed by atoms with Crippen molar-refractivity contribution in [2.75, 3.05) is 19.8 Å². The molecule has 96 valence electrons. The normalized spacial score (nSPS) is 22.9. The van der Waals surface area contributed by atoms with Gasteiger partial charge in [-0.15, -0.1) is 0 Å². The molecule has 2 rings (SSSR count). The fraction of sp³-hybridized carbons (Fsp3) is 0.700. The minimum atomic E-state index is -3.47. The maximum Gasteiger partial charge on any atom is 0.247 e. The fourth-order valence-corrected chi connectivity index (χ4v) is 4.04. The zero-order chi connectivity index (χ0) is 12.6. The van der Waals surface area contributed by atoms with E-state index < -0.39 is 10.0 Å². The Morgan fingerprint density at radius 3 is 2.71 bits per heavy atom. The van der Waals surface area contributed by atoms with Crippen LogP contribution in [0, 0.1) is 13.8 Å². The molecular weight excluding hydrogens is 242 g/mol. The van der Waals surface area contributed by atoms with E-state index in [2.05, 4.69) is 10.2 Å². The molecule has 1 aliphatic heterocycles. The zero-order valence-corrected chi connectivity index (χ0v) is 11.0. The third kappa shape index (κ3) is 2.10. The molecule has 1 aromatic heterocycles. The molecule has 0 bridgehead atoms. The molecule has 1 N–H and O–H groups in total. The number of hydrogen-bond donors (Lipinski definition) is 1. The predicted molar refractivity (Wildman–Crippen MR) is 62.2 cm³/mol. The van der Waals surface area contributed by atoms with Gasteiger partial charge in [-0.05, 0) is 20.8 Å². The van der Waals surface area contributed by atoms with Crippen LogP contribution < -0.4 is 0 Å². The van der Waals surface area contributed by atoms with Gasteiger partial charge in [-0.25, -0.2) is 8.42 Å². The topological polar surface area (TPSA) is 75.3 Å². The number of ether oxygens (including phenoxy) is 1. The highest BCUT2D eigenvalue weighted by Gasteiger charge is 2.34. The van der Waals surface area contributed by atoms with E-state index in [1.165, 1.54) is 4.31 Å². The SMILES string of the molecule is Cc1n[nH]c(C)c1S(=O)(=O)N1CCOCC1C. The Hall–Kier alpha value is -0.920. The van der Waals surface area contributed by atoms with E-state index in [1.54, 1.807) is 13.8 Å². The largest absolute Gasteiger partial charge is 0.378 e. The third-order valence-electron chi connectivity index (χ3n) is 2.93. The summed E-state index contributed by atoms with van der Waals surface area (Å²) in [5.74, 6) is 0. The lowest BCUT2D eigenvalue weighted by molar-refractivity contribution is 0.0392. The summed E-state index contributed by atoms with van der Waals surface area (Å²) >= 11 is 0. The molecule has 1 fully saturated rings. The van der Waals surface area contributed by atoms with E-state index in [1.807, 2.05) is 6.92 Å². The first-order chi connectivity index (χ1) is 7.94. The van der Waals surface area contributed by atoms with Crippen LogP contribution in [0.4, 0.5) is 0 Å². The van der Waals surface area contributed by atoms with Crippen LogP contribution in [0.3, 0.4) is 0 Å². The molecule has 1 unspecified atom stereocenters. The van der Waals surface area contributed by atoms with E-state index in [0.717, 1.165) is 0 Å². The molecule has 0 radical (unpaired) electrons. The number of H-pyrrole nitrogens is 1. The highest BCUT2D eigenvalue weighted by atomic mass is 32.2. The molecular formula is C10H17N3O3S. The lowest BCUT2D eigenvalue weighted by atomic mass is 10.3. The summed E-state index contributed by atoms with van der Waals surface area (Å²) in [6, 6.07) is -0.137. The lowest BCUT2D eigenvalue weighted by Gasteiger charge is -2.32. The van der Waals surface area contributed by atoms with Gasteiger partial charge in [0.15, 0.2) is 0 Å². The third-order valence-corrected chi connectivity index (χ3v) is 5.21. The number of hydrogen-bond acceptors (Lipinski definition) is 4. The number of aromatic amines is 1. The monoisotopic (exact) mass is 259 g/mol. The van der Waals surface area contributed by atoms with Crippen LogP contribution in [0.2, 0.25) is 0 Å². The standard InChI is InChI=1S/C10H17N3O3S/c1-7-6-16-5-4-13(7)17(14,15)10-8(2)11-12-9(10)3/h7H,4-6H2,1-3H3,(H,11,12). The van der Waals surface area contributed by atoms with Gasteiger partial charge < -0.3 is 4.74 Å². The molecule has 6 nitrogen and oxygen atoms in total. The second-order valence-corrected chi connectivity index (χ2v) is 6.13. The first-order valence-corrected chi connectivity index (χ1v) is 6.99. The first-order valence-electron chi connectivity index (χ1n) is 5.55. The number of nitrogens with zero attached hydrogens (tertiary/aromatic N) is 2. The Morgan fingerprint density at radius 1 is 1.47 bits per heavy atom. The zero-order valence-electron chi connectivity index (χ0n) is 10.2. The average molecular weight is 259 g/mol. The summed E-state index contributed by atoms with van der Waals surface area (Å²) in [5.41, 5.74) is 1.10. The number of rotatable bonds is 2. The molecule has 0 spiro atoms. The van der Waals surface area contributed by atoms with Crippen molar-refractivity contribution in [2.45, 2.75) is 31.7 Å². The number of aryl methyl sites for hydroxylation is 2. The van der Waals surface area contributed by atoms with Crippen LogP contribution in [0.15, 0.2) is 4.90 Å². The number of sulfonamides is 1. The Labute approximate surface area is 101 Å². The van der Waals surface area contributed by atoms with Crippen LogP contribution in [0.1, 0.15) is 18.3 Å². The second-order valence-electron chi connectivity index (χ2n) is 4.30. The van der Waals surface area contributed by atoms with Crippen molar-refractivity contribution in [3.05, 3.63) is 11.4 Å². The van der Waals surface area contributed by atoms with Gasteiger partial charge in [0.05, 0.1) is 24.6 Å². The highest BCUT2D eigenvalue weighted by Crippen LogP contribution is 2.24. The molecule has 0 aliphatic carbocycles. The molecule has 17 heavy (non-hydrogen) atoms.